The van der Waals surface area contributed by atoms with Crippen molar-refractivity contribution < 1.29 is 19.4 Å². The summed E-state index contributed by atoms with van der Waals surface area (Å²) in [5, 5.41) is 12.8. The van der Waals surface area contributed by atoms with E-state index in [0.717, 1.165) is 18.4 Å². The summed E-state index contributed by atoms with van der Waals surface area (Å²) in [5.41, 5.74) is 0.912. The number of carbonyl (C=O) groups excluding carboxylic acids is 2. The molecule has 5 heteroatoms. The van der Waals surface area contributed by atoms with Gasteiger partial charge in [-0.3, -0.25) is 4.79 Å². The molecule has 1 aromatic carbocycles. The molecule has 1 aliphatic carbocycles. The van der Waals surface area contributed by atoms with E-state index in [2.05, 4.69) is 19.2 Å². The zero-order valence-corrected chi connectivity index (χ0v) is 14.8. The van der Waals surface area contributed by atoms with Crippen molar-refractivity contribution in [2.45, 2.75) is 59.1 Å². The lowest BCUT2D eigenvalue weighted by atomic mass is 9.78. The van der Waals surface area contributed by atoms with Crippen molar-refractivity contribution in [2.75, 3.05) is 0 Å². The molecule has 0 spiro atoms. The van der Waals surface area contributed by atoms with Crippen LogP contribution in [0, 0.1) is 18.8 Å². The predicted molar refractivity (Wildman–Crippen MR) is 91.8 cm³/mol. The lowest BCUT2D eigenvalue weighted by Gasteiger charge is -2.35. The van der Waals surface area contributed by atoms with E-state index >= 15 is 0 Å². The van der Waals surface area contributed by atoms with E-state index in [1.807, 2.05) is 6.92 Å². The molecular formula is C19H27NO4. The number of benzene rings is 1. The highest BCUT2D eigenvalue weighted by Crippen LogP contribution is 2.29. The van der Waals surface area contributed by atoms with E-state index in [1.54, 1.807) is 13.0 Å². The van der Waals surface area contributed by atoms with Crippen LogP contribution in [0.15, 0.2) is 18.2 Å². The topological polar surface area (TPSA) is 75.6 Å². The third-order valence-electron chi connectivity index (χ3n) is 5.06. The van der Waals surface area contributed by atoms with Crippen LogP contribution in [0.1, 0.15) is 56.0 Å². The van der Waals surface area contributed by atoms with Gasteiger partial charge in [-0.15, -0.1) is 0 Å². The van der Waals surface area contributed by atoms with Gasteiger partial charge in [0.1, 0.15) is 11.3 Å². The molecule has 5 nitrogen and oxygen atoms in total. The summed E-state index contributed by atoms with van der Waals surface area (Å²) in [6.45, 7) is 7.72. The van der Waals surface area contributed by atoms with Crippen LogP contribution in [-0.4, -0.2) is 29.1 Å². The van der Waals surface area contributed by atoms with Gasteiger partial charge in [0.2, 0.25) is 0 Å². The van der Waals surface area contributed by atoms with Crippen LogP contribution in [0.4, 0.5) is 0 Å². The first-order valence-corrected chi connectivity index (χ1v) is 8.60. The molecule has 0 aliphatic heterocycles. The number of phenols is 1. The zero-order chi connectivity index (χ0) is 17.9. The Kier molecular flexibility index (Phi) is 5.86. The van der Waals surface area contributed by atoms with Gasteiger partial charge in [-0.2, -0.15) is 0 Å². The smallest absolute Gasteiger partial charge is 0.342 e. The van der Waals surface area contributed by atoms with Crippen molar-refractivity contribution in [3.63, 3.8) is 0 Å². The molecule has 1 amide bonds. The van der Waals surface area contributed by atoms with Gasteiger partial charge in [-0.1, -0.05) is 32.8 Å². The number of hydrogen-bond acceptors (Lipinski definition) is 4. The maximum atomic E-state index is 12.3. The van der Waals surface area contributed by atoms with Crippen LogP contribution >= 0.6 is 0 Å². The van der Waals surface area contributed by atoms with Gasteiger partial charge in [-0.25, -0.2) is 4.79 Å². The van der Waals surface area contributed by atoms with E-state index in [4.69, 9.17) is 4.74 Å². The molecule has 24 heavy (non-hydrogen) atoms. The van der Waals surface area contributed by atoms with Crippen LogP contribution in [0.2, 0.25) is 0 Å². The number of ether oxygens (including phenoxy) is 1. The van der Waals surface area contributed by atoms with Crippen LogP contribution in [0.5, 0.6) is 5.75 Å². The number of amides is 1. The molecule has 1 saturated carbocycles. The van der Waals surface area contributed by atoms with Crippen molar-refractivity contribution in [1.82, 2.24) is 5.32 Å². The molecule has 0 radical (unpaired) electrons. The first-order valence-electron chi connectivity index (χ1n) is 8.60. The summed E-state index contributed by atoms with van der Waals surface area (Å²) in [6, 6.07) is 4.83. The number of phenolic OH excluding ortho intramolecular Hbond substituents is 1. The Bertz CT molecular complexity index is 613. The Balaban J connectivity index is 1.94. The van der Waals surface area contributed by atoms with E-state index in [0.29, 0.717) is 11.8 Å². The fraction of sp³-hybridized carbons (Fsp3) is 0.579. The average Bonchev–Trinajstić information content (AvgIpc) is 2.51. The van der Waals surface area contributed by atoms with Crippen LogP contribution in [0.25, 0.3) is 0 Å². The molecule has 132 valence electrons. The summed E-state index contributed by atoms with van der Waals surface area (Å²) in [7, 11) is 0. The Labute approximate surface area is 143 Å². The highest BCUT2D eigenvalue weighted by atomic mass is 16.5. The minimum Gasteiger partial charge on any atom is -0.507 e. The Morgan fingerprint density at radius 1 is 1.29 bits per heavy atom. The molecule has 2 N–H and O–H groups in total. The predicted octanol–water partition coefficient (Wildman–Crippen LogP) is 3.19. The number of hydrogen-bond donors (Lipinski definition) is 2. The standard InChI is InChI=1S/C19H27NO4/c1-11-8-9-15(17(21)10-11)19(23)24-14(4)18(22)20-16-7-5-6-12(2)13(16)3/h8-10,12-14,16,21H,5-7H2,1-4H3,(H,20,22)/t12-,13-,14+,16+/m0/s1. The molecular weight excluding hydrogens is 306 g/mol. The molecule has 1 aliphatic rings. The quantitative estimate of drug-likeness (QED) is 0.830. The number of esters is 1. The maximum Gasteiger partial charge on any atom is 0.342 e. The maximum absolute atomic E-state index is 12.3. The fourth-order valence-electron chi connectivity index (χ4n) is 3.18. The highest BCUT2D eigenvalue weighted by Gasteiger charge is 2.30. The van der Waals surface area contributed by atoms with Gasteiger partial charge in [0, 0.05) is 6.04 Å². The second-order valence-corrected chi connectivity index (χ2v) is 6.95. The molecule has 0 saturated heterocycles. The average molecular weight is 333 g/mol. The van der Waals surface area contributed by atoms with Crippen molar-refractivity contribution >= 4 is 11.9 Å². The summed E-state index contributed by atoms with van der Waals surface area (Å²) >= 11 is 0. The summed E-state index contributed by atoms with van der Waals surface area (Å²) in [5.74, 6) is -0.137. The van der Waals surface area contributed by atoms with Crippen molar-refractivity contribution in [1.29, 1.82) is 0 Å². The molecule has 2 rings (SSSR count). The normalized spacial score (nSPS) is 24.9. The number of nitrogens with one attached hydrogen (secondary N) is 1. The van der Waals surface area contributed by atoms with Gasteiger partial charge in [-0.05, 0) is 49.8 Å². The monoisotopic (exact) mass is 333 g/mol. The van der Waals surface area contributed by atoms with Crippen molar-refractivity contribution in [3.8, 4) is 5.75 Å². The van der Waals surface area contributed by atoms with Crippen molar-refractivity contribution in [3.05, 3.63) is 29.3 Å². The highest BCUT2D eigenvalue weighted by molar-refractivity contribution is 5.94. The molecule has 1 aromatic rings. The summed E-state index contributed by atoms with van der Waals surface area (Å²) < 4.78 is 5.21. The lowest BCUT2D eigenvalue weighted by Crippen LogP contribution is -2.47. The Hall–Kier alpha value is -2.04. The zero-order valence-electron chi connectivity index (χ0n) is 14.8. The largest absolute Gasteiger partial charge is 0.507 e. The van der Waals surface area contributed by atoms with Gasteiger partial charge in [0.15, 0.2) is 6.10 Å². The molecule has 0 aromatic heterocycles. The van der Waals surface area contributed by atoms with Gasteiger partial charge in [0.05, 0.1) is 0 Å². The molecule has 4 atom stereocenters. The van der Waals surface area contributed by atoms with Crippen LogP contribution in [0.3, 0.4) is 0 Å². The van der Waals surface area contributed by atoms with E-state index in [9.17, 15) is 14.7 Å². The molecule has 0 unspecified atom stereocenters. The summed E-state index contributed by atoms with van der Waals surface area (Å²) in [6.07, 6.45) is 2.34. The minimum absolute atomic E-state index is 0.0694. The first kappa shape index (κ1) is 18.3. The number of aromatic hydroxyl groups is 1. The van der Waals surface area contributed by atoms with Gasteiger partial charge < -0.3 is 15.2 Å². The van der Waals surface area contributed by atoms with Crippen molar-refractivity contribution in [2.24, 2.45) is 11.8 Å². The van der Waals surface area contributed by atoms with E-state index in [-0.39, 0.29) is 23.3 Å². The molecule has 1 fully saturated rings. The summed E-state index contributed by atoms with van der Waals surface area (Å²) in [4.78, 5) is 24.5. The fourth-order valence-corrected chi connectivity index (χ4v) is 3.18. The van der Waals surface area contributed by atoms with Gasteiger partial charge >= 0.3 is 5.97 Å². The Morgan fingerprint density at radius 3 is 2.67 bits per heavy atom. The lowest BCUT2D eigenvalue weighted by molar-refractivity contribution is -0.130. The van der Waals surface area contributed by atoms with Crippen LogP contribution < -0.4 is 5.32 Å². The SMILES string of the molecule is Cc1ccc(C(=O)O[C@H](C)C(=O)N[C@@H]2CCC[C@H](C)[C@@H]2C)c(O)c1. The third kappa shape index (κ3) is 4.28. The number of carbonyl (C=O) groups is 2. The third-order valence-corrected chi connectivity index (χ3v) is 5.06. The molecule has 0 bridgehead atoms. The number of rotatable bonds is 4. The Morgan fingerprint density at radius 2 is 2.00 bits per heavy atom. The van der Waals surface area contributed by atoms with E-state index in [1.165, 1.54) is 18.6 Å². The minimum atomic E-state index is -0.900. The van der Waals surface area contributed by atoms with E-state index < -0.39 is 12.1 Å². The molecule has 0 heterocycles. The first-order chi connectivity index (χ1) is 11.3. The second kappa shape index (κ2) is 7.69. The second-order valence-electron chi connectivity index (χ2n) is 6.95. The van der Waals surface area contributed by atoms with Crippen LogP contribution in [-0.2, 0) is 9.53 Å². The van der Waals surface area contributed by atoms with Gasteiger partial charge in [0.25, 0.3) is 5.91 Å². The number of aryl methyl sites for hydroxylation is 1.